The summed E-state index contributed by atoms with van der Waals surface area (Å²) in [5.74, 6) is 0.577. The zero-order chi connectivity index (χ0) is 27.7. The van der Waals surface area contributed by atoms with Crippen LogP contribution in [0.1, 0.15) is 74.9 Å². The molecule has 9 heteroatoms. The highest BCUT2D eigenvalue weighted by molar-refractivity contribution is 7.84. The zero-order valence-electron chi connectivity index (χ0n) is 23.3. The molecule has 3 N–H and O–H groups in total. The van der Waals surface area contributed by atoms with Crippen LogP contribution in [0.3, 0.4) is 0 Å². The van der Waals surface area contributed by atoms with Crippen LogP contribution in [0.25, 0.3) is 11.0 Å². The topological polar surface area (TPSA) is 107 Å². The fraction of sp³-hybridized carbons (Fsp3) is 0.452. The SMILES string of the molecule is CC(C)(C)[S@@](=O)N[C@@H]1c2ccccc2CC12CCN(c1nc3n[nH]c(C4(c5ccccc5)CC4)c3c(=O)[nH]1)CC2. The summed E-state index contributed by atoms with van der Waals surface area (Å²) in [4.78, 5) is 23.6. The van der Waals surface area contributed by atoms with Gasteiger partial charge in [-0.3, -0.25) is 14.9 Å². The Morgan fingerprint density at radius 2 is 1.70 bits per heavy atom. The summed E-state index contributed by atoms with van der Waals surface area (Å²) in [5, 5.41) is 8.26. The molecule has 2 aromatic heterocycles. The van der Waals surface area contributed by atoms with Crippen LogP contribution in [0.4, 0.5) is 5.95 Å². The van der Waals surface area contributed by atoms with Gasteiger partial charge < -0.3 is 4.90 Å². The van der Waals surface area contributed by atoms with Crippen LogP contribution < -0.4 is 15.2 Å². The van der Waals surface area contributed by atoms with Gasteiger partial charge in [0.1, 0.15) is 5.39 Å². The van der Waals surface area contributed by atoms with Crippen molar-refractivity contribution in [3.05, 3.63) is 87.3 Å². The fourth-order valence-electron chi connectivity index (χ4n) is 6.87. The monoisotopic (exact) mass is 556 g/mol. The molecule has 2 aliphatic carbocycles. The molecule has 40 heavy (non-hydrogen) atoms. The van der Waals surface area contributed by atoms with Crippen molar-refractivity contribution in [2.45, 2.75) is 69.1 Å². The Hall–Kier alpha value is -3.30. The second-order valence-corrected chi connectivity index (χ2v) is 14.8. The molecule has 1 saturated heterocycles. The van der Waals surface area contributed by atoms with Crippen LogP contribution in [-0.4, -0.2) is 42.2 Å². The lowest BCUT2D eigenvalue weighted by atomic mass is 9.73. The van der Waals surface area contributed by atoms with Crippen molar-refractivity contribution < 1.29 is 4.21 Å². The average molecular weight is 557 g/mol. The molecule has 2 fully saturated rings. The Labute approximate surface area is 236 Å². The summed E-state index contributed by atoms with van der Waals surface area (Å²) in [5.41, 5.74) is 4.80. The third kappa shape index (κ3) is 4.05. The summed E-state index contributed by atoms with van der Waals surface area (Å²) in [6, 6.07) is 18.9. The van der Waals surface area contributed by atoms with Gasteiger partial charge in [0.15, 0.2) is 5.65 Å². The number of fused-ring (bicyclic) bond motifs is 2. The van der Waals surface area contributed by atoms with Crippen molar-refractivity contribution in [3.8, 4) is 0 Å². The number of rotatable bonds is 5. The van der Waals surface area contributed by atoms with Gasteiger partial charge in [-0.2, -0.15) is 10.1 Å². The molecule has 4 aromatic rings. The Morgan fingerprint density at radius 1 is 1.00 bits per heavy atom. The van der Waals surface area contributed by atoms with E-state index in [4.69, 9.17) is 4.98 Å². The van der Waals surface area contributed by atoms with Crippen molar-refractivity contribution in [2.75, 3.05) is 18.0 Å². The molecule has 0 bridgehead atoms. The molecule has 1 spiro atoms. The van der Waals surface area contributed by atoms with E-state index in [-0.39, 0.29) is 27.2 Å². The number of nitrogens with zero attached hydrogens (tertiary/aromatic N) is 3. The Bertz CT molecular complexity index is 1660. The number of hydrogen-bond acceptors (Lipinski definition) is 5. The van der Waals surface area contributed by atoms with Gasteiger partial charge in [0, 0.05) is 18.5 Å². The standard InChI is InChI=1S/C31H36N6O2S/c1-29(2,3)40(39)36-24-22-12-8-7-9-20(22)19-30(24)15-17-37(18-16-30)28-32-26-23(27(38)33-28)25(34-35-26)31(13-14-31)21-10-5-4-6-11-21/h4-12,24,36H,13-19H2,1-3H3,(H2,32,33,34,35,38)/t24-,40-/m1/s1. The predicted molar refractivity (Wildman–Crippen MR) is 159 cm³/mol. The van der Waals surface area contributed by atoms with Gasteiger partial charge in [0.05, 0.1) is 27.5 Å². The maximum absolute atomic E-state index is 13.5. The smallest absolute Gasteiger partial charge is 0.263 e. The quantitative estimate of drug-likeness (QED) is 0.332. The highest BCUT2D eigenvalue weighted by Gasteiger charge is 2.50. The lowest BCUT2D eigenvalue weighted by molar-refractivity contribution is 0.177. The molecule has 1 saturated carbocycles. The second kappa shape index (κ2) is 9.11. The van der Waals surface area contributed by atoms with Crippen LogP contribution in [0.5, 0.6) is 0 Å². The Morgan fingerprint density at radius 3 is 2.40 bits per heavy atom. The average Bonchev–Trinajstić information content (AvgIpc) is 3.55. The van der Waals surface area contributed by atoms with Gasteiger partial charge >= 0.3 is 0 Å². The first-order valence-corrected chi connectivity index (χ1v) is 15.4. The number of aromatic nitrogens is 4. The van der Waals surface area contributed by atoms with Crippen LogP contribution >= 0.6 is 0 Å². The molecular weight excluding hydrogens is 520 g/mol. The second-order valence-electron chi connectivity index (χ2n) is 12.8. The van der Waals surface area contributed by atoms with Crippen LogP contribution in [0, 0.1) is 5.41 Å². The van der Waals surface area contributed by atoms with Gasteiger partial charge in [-0.1, -0.05) is 54.6 Å². The first kappa shape index (κ1) is 25.7. The van der Waals surface area contributed by atoms with Crippen molar-refractivity contribution in [1.82, 2.24) is 24.9 Å². The van der Waals surface area contributed by atoms with Crippen molar-refractivity contribution >= 4 is 28.0 Å². The zero-order valence-corrected chi connectivity index (χ0v) is 24.1. The molecule has 0 unspecified atom stereocenters. The number of benzene rings is 2. The molecular formula is C31H36N6O2S. The maximum atomic E-state index is 13.5. The molecule has 7 rings (SSSR count). The highest BCUT2D eigenvalue weighted by Crippen LogP contribution is 2.54. The maximum Gasteiger partial charge on any atom is 0.263 e. The minimum absolute atomic E-state index is 0.0287. The third-order valence-corrected chi connectivity index (χ3v) is 10.9. The van der Waals surface area contributed by atoms with Gasteiger partial charge in [0.2, 0.25) is 5.95 Å². The lowest BCUT2D eigenvalue weighted by Gasteiger charge is -2.44. The normalized spacial score (nSPS) is 22.0. The fourth-order valence-corrected chi connectivity index (χ4v) is 7.82. The summed E-state index contributed by atoms with van der Waals surface area (Å²) in [6.07, 6.45) is 4.75. The van der Waals surface area contributed by atoms with E-state index in [0.717, 1.165) is 50.9 Å². The summed E-state index contributed by atoms with van der Waals surface area (Å²) < 4.78 is 16.4. The molecule has 3 aliphatic rings. The third-order valence-electron chi connectivity index (χ3n) is 9.33. The molecule has 208 valence electrons. The number of piperidine rings is 1. The van der Waals surface area contributed by atoms with E-state index in [1.807, 2.05) is 39.0 Å². The van der Waals surface area contributed by atoms with E-state index < -0.39 is 11.0 Å². The molecule has 2 aromatic carbocycles. The molecule has 3 heterocycles. The molecule has 8 nitrogen and oxygen atoms in total. The van der Waals surface area contributed by atoms with E-state index >= 15 is 0 Å². The van der Waals surface area contributed by atoms with Gasteiger partial charge in [-0.15, -0.1) is 0 Å². The largest absolute Gasteiger partial charge is 0.342 e. The van der Waals surface area contributed by atoms with Crippen molar-refractivity contribution in [1.29, 1.82) is 0 Å². The first-order chi connectivity index (χ1) is 19.2. The number of anilines is 1. The van der Waals surface area contributed by atoms with Crippen molar-refractivity contribution in [3.63, 3.8) is 0 Å². The van der Waals surface area contributed by atoms with E-state index in [1.54, 1.807) is 0 Å². The molecule has 0 amide bonds. The van der Waals surface area contributed by atoms with Crippen LogP contribution in [-0.2, 0) is 22.8 Å². The number of aromatic amines is 2. The summed E-state index contributed by atoms with van der Waals surface area (Å²) in [6.45, 7) is 7.54. The minimum atomic E-state index is -1.17. The number of hydrogen-bond donors (Lipinski definition) is 3. The Kier molecular flexibility index (Phi) is 5.84. The van der Waals surface area contributed by atoms with Gasteiger partial charge in [-0.25, -0.2) is 8.93 Å². The highest BCUT2D eigenvalue weighted by atomic mass is 32.2. The lowest BCUT2D eigenvalue weighted by Crippen LogP contribution is -2.48. The van der Waals surface area contributed by atoms with E-state index in [9.17, 15) is 9.00 Å². The number of nitrogens with one attached hydrogen (secondary N) is 3. The van der Waals surface area contributed by atoms with E-state index in [2.05, 4.69) is 61.2 Å². The molecule has 1 aliphatic heterocycles. The van der Waals surface area contributed by atoms with E-state index in [0.29, 0.717) is 17.0 Å². The van der Waals surface area contributed by atoms with Gasteiger partial charge in [0.25, 0.3) is 5.56 Å². The minimum Gasteiger partial charge on any atom is -0.342 e. The predicted octanol–water partition coefficient (Wildman–Crippen LogP) is 4.66. The van der Waals surface area contributed by atoms with Crippen LogP contribution in [0.15, 0.2) is 59.4 Å². The Balaban J connectivity index is 1.15. The summed E-state index contributed by atoms with van der Waals surface area (Å²) >= 11 is 0. The first-order valence-electron chi connectivity index (χ1n) is 14.3. The van der Waals surface area contributed by atoms with E-state index in [1.165, 1.54) is 16.7 Å². The van der Waals surface area contributed by atoms with Crippen molar-refractivity contribution in [2.24, 2.45) is 5.41 Å². The number of H-pyrrole nitrogens is 2. The van der Waals surface area contributed by atoms with Crippen LogP contribution in [0.2, 0.25) is 0 Å². The molecule has 0 radical (unpaired) electrons. The van der Waals surface area contributed by atoms with Gasteiger partial charge in [-0.05, 0) is 75.0 Å². The summed E-state index contributed by atoms with van der Waals surface area (Å²) in [7, 11) is -1.17. The molecule has 2 atom stereocenters.